The molecular weight excluding hydrogens is 603 g/mol. The van der Waals surface area contributed by atoms with Crippen molar-refractivity contribution >= 4 is 71.5 Å². The van der Waals surface area contributed by atoms with Gasteiger partial charge in [-0.25, -0.2) is 18.0 Å². The lowest BCUT2D eigenvalue weighted by molar-refractivity contribution is -0.115. The number of benzene rings is 1. The number of nitrogens with zero attached hydrogens (tertiary/aromatic N) is 2. The SMILES string of the molecule is C#CCn1c(=NC(=O)CS(=O)(=O)CC(=O)Nc2sc3c(c2C(=O)OC)CCC(C)C3)sc2cc(C(=O)OCC)ccc21. The van der Waals surface area contributed by atoms with Crippen LogP contribution in [0.3, 0.4) is 0 Å². The van der Waals surface area contributed by atoms with Crippen LogP contribution in [0.1, 0.15) is 51.4 Å². The molecule has 1 N–H and O–H groups in total. The zero-order valence-corrected chi connectivity index (χ0v) is 25.7. The predicted octanol–water partition coefficient (Wildman–Crippen LogP) is 2.97. The number of thiophene rings is 1. The van der Waals surface area contributed by atoms with E-state index in [4.69, 9.17) is 15.9 Å². The molecule has 0 aliphatic heterocycles. The molecule has 0 spiro atoms. The molecule has 1 unspecified atom stereocenters. The van der Waals surface area contributed by atoms with Crippen molar-refractivity contribution in [3.05, 3.63) is 44.6 Å². The normalized spacial score (nSPS) is 15.1. The van der Waals surface area contributed by atoms with Gasteiger partial charge in [-0.15, -0.1) is 17.8 Å². The average molecular weight is 632 g/mol. The largest absolute Gasteiger partial charge is 0.465 e. The van der Waals surface area contributed by atoms with Gasteiger partial charge in [-0.05, 0) is 55.9 Å². The van der Waals surface area contributed by atoms with Crippen LogP contribution < -0.4 is 10.1 Å². The van der Waals surface area contributed by atoms with E-state index < -0.39 is 45.1 Å². The van der Waals surface area contributed by atoms with Gasteiger partial charge in [0.15, 0.2) is 14.6 Å². The van der Waals surface area contributed by atoms with Crippen molar-refractivity contribution in [3.63, 3.8) is 0 Å². The molecule has 1 aliphatic rings. The van der Waals surface area contributed by atoms with Crippen LogP contribution in [0, 0.1) is 18.3 Å². The minimum absolute atomic E-state index is 0.0477. The van der Waals surface area contributed by atoms with E-state index in [2.05, 4.69) is 23.2 Å². The van der Waals surface area contributed by atoms with Crippen molar-refractivity contribution in [1.82, 2.24) is 4.57 Å². The minimum atomic E-state index is -4.22. The molecule has 0 fully saturated rings. The van der Waals surface area contributed by atoms with Crippen LogP contribution in [-0.4, -0.2) is 62.0 Å². The van der Waals surface area contributed by atoms with E-state index in [1.54, 1.807) is 29.7 Å². The smallest absolute Gasteiger partial charge is 0.341 e. The number of fused-ring (bicyclic) bond motifs is 2. The molecule has 2 heterocycles. The molecule has 4 rings (SSSR count). The van der Waals surface area contributed by atoms with Gasteiger partial charge in [-0.1, -0.05) is 24.2 Å². The number of hydrogen-bond donors (Lipinski definition) is 1. The molecule has 2 amide bonds. The number of aromatic nitrogens is 1. The van der Waals surface area contributed by atoms with Crippen LogP contribution in [0.4, 0.5) is 5.00 Å². The van der Waals surface area contributed by atoms with Crippen LogP contribution in [-0.2, 0) is 48.3 Å². The number of sulfone groups is 1. The van der Waals surface area contributed by atoms with Crippen LogP contribution in [0.5, 0.6) is 0 Å². The van der Waals surface area contributed by atoms with Crippen LogP contribution >= 0.6 is 22.7 Å². The third-order valence-electron chi connectivity index (χ3n) is 6.51. The first-order valence-electron chi connectivity index (χ1n) is 13.0. The van der Waals surface area contributed by atoms with Gasteiger partial charge < -0.3 is 19.4 Å². The highest BCUT2D eigenvalue weighted by molar-refractivity contribution is 7.92. The van der Waals surface area contributed by atoms with Crippen LogP contribution in [0.15, 0.2) is 23.2 Å². The number of thiazole rings is 1. The highest BCUT2D eigenvalue weighted by Gasteiger charge is 2.30. The maximum atomic E-state index is 12.8. The Morgan fingerprint density at radius 2 is 1.95 bits per heavy atom. The van der Waals surface area contributed by atoms with E-state index in [0.717, 1.165) is 34.6 Å². The van der Waals surface area contributed by atoms with Crippen molar-refractivity contribution in [3.8, 4) is 12.3 Å². The van der Waals surface area contributed by atoms with Crippen molar-refractivity contribution < 1.29 is 37.1 Å². The minimum Gasteiger partial charge on any atom is -0.465 e. The fourth-order valence-corrected chi connectivity index (χ4v) is 8.16. The van der Waals surface area contributed by atoms with Crippen molar-refractivity contribution in [2.45, 2.75) is 39.7 Å². The van der Waals surface area contributed by atoms with Gasteiger partial charge in [-0.3, -0.25) is 9.59 Å². The molecule has 0 radical (unpaired) electrons. The Labute approximate surface area is 250 Å². The molecule has 222 valence electrons. The number of carbonyl (C=O) groups is 4. The second kappa shape index (κ2) is 13.0. The molecule has 42 heavy (non-hydrogen) atoms. The Morgan fingerprint density at radius 3 is 2.64 bits per heavy atom. The van der Waals surface area contributed by atoms with Gasteiger partial charge in [0.25, 0.3) is 5.91 Å². The molecule has 3 aromatic rings. The van der Waals surface area contributed by atoms with Crippen molar-refractivity contribution in [1.29, 1.82) is 0 Å². The second-order valence-corrected chi connectivity index (χ2v) is 13.9. The molecule has 0 bridgehead atoms. The summed E-state index contributed by atoms with van der Waals surface area (Å²) >= 11 is 2.29. The second-order valence-electron chi connectivity index (χ2n) is 9.71. The topological polar surface area (TPSA) is 150 Å². The number of anilines is 1. The first-order valence-corrected chi connectivity index (χ1v) is 16.5. The van der Waals surface area contributed by atoms with Gasteiger partial charge in [-0.2, -0.15) is 4.99 Å². The number of hydrogen-bond acceptors (Lipinski definition) is 10. The summed E-state index contributed by atoms with van der Waals surface area (Å²) in [5.74, 6) is -2.08. The van der Waals surface area contributed by atoms with E-state index in [0.29, 0.717) is 28.1 Å². The van der Waals surface area contributed by atoms with Gasteiger partial charge in [0, 0.05) is 4.88 Å². The number of esters is 2. The molecule has 1 aromatic carbocycles. The number of ether oxygens (including phenoxy) is 2. The van der Waals surface area contributed by atoms with Crippen molar-refractivity contribution in [2.24, 2.45) is 10.9 Å². The van der Waals surface area contributed by atoms with E-state index in [1.807, 2.05) is 0 Å². The van der Waals surface area contributed by atoms with E-state index in [1.165, 1.54) is 18.4 Å². The molecular formula is C28H29N3O8S3. The Hall–Kier alpha value is -3.80. The number of methoxy groups -OCH3 is 1. The summed E-state index contributed by atoms with van der Waals surface area (Å²) < 4.78 is 37.7. The lowest BCUT2D eigenvalue weighted by atomic mass is 9.88. The highest BCUT2D eigenvalue weighted by atomic mass is 32.2. The van der Waals surface area contributed by atoms with Crippen molar-refractivity contribution in [2.75, 3.05) is 30.5 Å². The monoisotopic (exact) mass is 631 g/mol. The summed E-state index contributed by atoms with van der Waals surface area (Å²) in [5.41, 5.74) is 1.97. The first-order chi connectivity index (χ1) is 20.0. The predicted molar refractivity (Wildman–Crippen MR) is 159 cm³/mol. The summed E-state index contributed by atoms with van der Waals surface area (Å²) in [7, 11) is -2.98. The molecule has 14 heteroatoms. The quantitative estimate of drug-likeness (QED) is 0.280. The third-order valence-corrected chi connectivity index (χ3v) is 10.1. The average Bonchev–Trinajstić information content (AvgIpc) is 3.43. The van der Waals surface area contributed by atoms with Gasteiger partial charge in [0.1, 0.15) is 16.5 Å². The first kappa shape index (κ1) is 31.1. The molecule has 0 saturated heterocycles. The molecule has 1 atom stereocenters. The number of terminal acetylenes is 1. The van der Waals surface area contributed by atoms with E-state index >= 15 is 0 Å². The number of rotatable bonds is 9. The van der Waals surface area contributed by atoms with Gasteiger partial charge >= 0.3 is 11.9 Å². The van der Waals surface area contributed by atoms with Crippen LogP contribution in [0.2, 0.25) is 0 Å². The van der Waals surface area contributed by atoms with E-state index in [-0.39, 0.29) is 28.5 Å². The molecule has 1 aliphatic carbocycles. The summed E-state index contributed by atoms with van der Waals surface area (Å²) in [4.78, 5) is 55.2. The summed E-state index contributed by atoms with van der Waals surface area (Å²) in [6, 6.07) is 4.79. The highest BCUT2D eigenvalue weighted by Crippen LogP contribution is 2.40. The molecule has 0 saturated carbocycles. The standard InChI is InChI=1S/C28H29N3O8S3/c1-5-11-31-19-10-8-17(26(34)39-6-2)13-21(19)41-28(31)30-23(33)15-42(36,37)14-22(32)29-25-24(27(35)38-4)18-9-7-16(3)12-20(18)40-25/h1,8,10,13,16H,6-7,9,11-12,14-15H2,2-4H3,(H,29,32). The number of amides is 2. The van der Waals surface area contributed by atoms with Gasteiger partial charge in [0.2, 0.25) is 5.91 Å². The zero-order chi connectivity index (χ0) is 30.6. The summed E-state index contributed by atoms with van der Waals surface area (Å²) in [6.07, 6.45) is 7.77. The maximum absolute atomic E-state index is 12.8. The number of nitrogens with one attached hydrogen (secondary N) is 1. The Kier molecular flexibility index (Phi) is 9.65. The number of carbonyl (C=O) groups excluding carboxylic acids is 4. The maximum Gasteiger partial charge on any atom is 0.341 e. The van der Waals surface area contributed by atoms with Gasteiger partial charge in [0.05, 0.1) is 41.6 Å². The third kappa shape index (κ3) is 6.97. The van der Waals surface area contributed by atoms with E-state index in [9.17, 15) is 27.6 Å². The lowest BCUT2D eigenvalue weighted by Gasteiger charge is -2.18. The Morgan fingerprint density at radius 1 is 1.19 bits per heavy atom. The summed E-state index contributed by atoms with van der Waals surface area (Å²) in [5, 5.41) is 2.78. The summed E-state index contributed by atoms with van der Waals surface area (Å²) in [6.45, 7) is 4.05. The lowest BCUT2D eigenvalue weighted by Crippen LogP contribution is -2.28. The molecule has 2 aromatic heterocycles. The zero-order valence-electron chi connectivity index (χ0n) is 23.2. The fraction of sp³-hybridized carbons (Fsp3) is 0.393. The molecule has 11 nitrogen and oxygen atoms in total. The van der Waals surface area contributed by atoms with Crippen LogP contribution in [0.25, 0.3) is 10.2 Å². The fourth-order valence-electron chi connectivity index (χ4n) is 4.64. The Bertz CT molecular complexity index is 1790. The Balaban J connectivity index is 1.53.